The third-order valence-electron chi connectivity index (χ3n) is 5.74. The molecule has 155 valence electrons. The molecule has 0 aliphatic carbocycles. The molecule has 0 heterocycles. The van der Waals surface area contributed by atoms with Crippen LogP contribution in [0.1, 0.15) is 136 Å². The Labute approximate surface area is 170 Å². The van der Waals surface area contributed by atoms with E-state index in [4.69, 9.17) is 0 Å². The SMILES string of the molecule is [CH2]CCCCC(CCCCCC)C(CCCCCCCCCCC)[S+]=O. The van der Waals surface area contributed by atoms with Crippen molar-refractivity contribution in [3.63, 3.8) is 0 Å². The summed E-state index contributed by atoms with van der Waals surface area (Å²) in [5.41, 5.74) is 0. The highest BCUT2D eigenvalue weighted by molar-refractivity contribution is 7.66. The van der Waals surface area contributed by atoms with Crippen LogP contribution in [-0.4, -0.2) is 5.25 Å². The first-order valence-corrected chi connectivity index (χ1v) is 12.7. The molecule has 0 aromatic heterocycles. The van der Waals surface area contributed by atoms with Crippen molar-refractivity contribution in [3.8, 4) is 0 Å². The van der Waals surface area contributed by atoms with Gasteiger partial charge in [-0.3, -0.25) is 0 Å². The first kappa shape index (κ1) is 26.0. The summed E-state index contributed by atoms with van der Waals surface area (Å²) in [5.74, 6) is 0.648. The second-order valence-electron chi connectivity index (χ2n) is 8.21. The molecule has 0 aliphatic heterocycles. The lowest BCUT2D eigenvalue weighted by molar-refractivity contribution is 0.375. The Balaban J connectivity index is 3.98. The van der Waals surface area contributed by atoms with E-state index in [-0.39, 0.29) is 0 Å². The average Bonchev–Trinajstić information content (AvgIpc) is 2.66. The lowest BCUT2D eigenvalue weighted by atomic mass is 9.89. The van der Waals surface area contributed by atoms with E-state index in [1.807, 2.05) is 0 Å². The van der Waals surface area contributed by atoms with E-state index in [9.17, 15) is 4.21 Å². The Morgan fingerprint density at radius 1 is 0.615 bits per heavy atom. The van der Waals surface area contributed by atoms with Crippen LogP contribution >= 0.6 is 0 Å². The molecule has 0 amide bonds. The summed E-state index contributed by atoms with van der Waals surface area (Å²) in [6.45, 7) is 8.52. The molecule has 0 rings (SSSR count). The minimum Gasteiger partial charge on any atom is -0.0654 e. The van der Waals surface area contributed by atoms with Crippen LogP contribution < -0.4 is 0 Å². The third kappa shape index (κ3) is 16.2. The minimum atomic E-state index is 0.353. The lowest BCUT2D eigenvalue weighted by Gasteiger charge is -2.16. The molecule has 0 fully saturated rings. The van der Waals surface area contributed by atoms with E-state index in [2.05, 4.69) is 20.8 Å². The number of unbranched alkanes of at least 4 members (excludes halogenated alkanes) is 13. The highest BCUT2D eigenvalue weighted by Crippen LogP contribution is 2.26. The maximum absolute atomic E-state index is 11.8. The van der Waals surface area contributed by atoms with Crippen LogP contribution in [0.2, 0.25) is 0 Å². The van der Waals surface area contributed by atoms with Crippen molar-refractivity contribution in [1.82, 2.24) is 0 Å². The van der Waals surface area contributed by atoms with Crippen LogP contribution in [-0.2, 0) is 15.9 Å². The topological polar surface area (TPSA) is 17.1 Å². The quantitative estimate of drug-likeness (QED) is 0.143. The second-order valence-corrected chi connectivity index (χ2v) is 9.01. The van der Waals surface area contributed by atoms with Crippen molar-refractivity contribution < 1.29 is 4.21 Å². The van der Waals surface area contributed by atoms with Crippen LogP contribution in [0.3, 0.4) is 0 Å². The monoisotopic (exact) mass is 384 g/mol. The van der Waals surface area contributed by atoms with E-state index in [0.29, 0.717) is 11.2 Å². The van der Waals surface area contributed by atoms with Crippen molar-refractivity contribution >= 4 is 11.7 Å². The highest BCUT2D eigenvalue weighted by Gasteiger charge is 2.31. The Morgan fingerprint density at radius 3 is 1.54 bits per heavy atom. The van der Waals surface area contributed by atoms with Gasteiger partial charge in [0.25, 0.3) is 0 Å². The summed E-state index contributed by atoms with van der Waals surface area (Å²) in [6, 6.07) is 0. The van der Waals surface area contributed by atoms with Crippen LogP contribution in [0.25, 0.3) is 0 Å². The molecule has 0 saturated carbocycles. The molecular formula is C24H48OS+. The number of hydrogen-bond acceptors (Lipinski definition) is 1. The predicted octanol–water partition coefficient (Wildman–Crippen LogP) is 8.69. The average molecular weight is 385 g/mol. The zero-order valence-corrected chi connectivity index (χ0v) is 18.9. The van der Waals surface area contributed by atoms with E-state index >= 15 is 0 Å². The molecule has 0 aromatic rings. The summed E-state index contributed by atoms with van der Waals surface area (Å²) in [6.07, 6.45) is 24.8. The van der Waals surface area contributed by atoms with Crippen molar-refractivity contribution in [2.45, 2.75) is 141 Å². The zero-order chi connectivity index (χ0) is 19.3. The summed E-state index contributed by atoms with van der Waals surface area (Å²) in [5, 5.41) is 0.353. The summed E-state index contributed by atoms with van der Waals surface area (Å²) in [4.78, 5) is 0. The van der Waals surface area contributed by atoms with Gasteiger partial charge >= 0.3 is 11.7 Å². The second kappa shape index (κ2) is 21.3. The molecule has 0 N–H and O–H groups in total. The first-order chi connectivity index (χ1) is 12.8. The van der Waals surface area contributed by atoms with Gasteiger partial charge in [-0.15, -0.1) is 0 Å². The smallest absolute Gasteiger partial charge is 0.0654 e. The van der Waals surface area contributed by atoms with Gasteiger partial charge in [0, 0.05) is 16.5 Å². The summed E-state index contributed by atoms with van der Waals surface area (Å²) >= 11 is 0.912. The van der Waals surface area contributed by atoms with Gasteiger partial charge in [0.05, 0.1) is 0 Å². The molecule has 0 saturated heterocycles. The maximum atomic E-state index is 11.8. The fraction of sp³-hybridized carbons (Fsp3) is 0.958. The minimum absolute atomic E-state index is 0.353. The molecule has 0 spiro atoms. The van der Waals surface area contributed by atoms with Crippen molar-refractivity contribution in [2.75, 3.05) is 0 Å². The van der Waals surface area contributed by atoms with E-state index in [1.54, 1.807) is 0 Å². The van der Waals surface area contributed by atoms with Gasteiger partial charge in [0.15, 0.2) is 0 Å². The van der Waals surface area contributed by atoms with Crippen LogP contribution in [0.5, 0.6) is 0 Å². The molecule has 0 bridgehead atoms. The molecule has 1 radical (unpaired) electrons. The van der Waals surface area contributed by atoms with Crippen LogP contribution in [0.4, 0.5) is 0 Å². The number of rotatable bonds is 21. The largest absolute Gasteiger partial charge is 0.462 e. The van der Waals surface area contributed by atoms with E-state index < -0.39 is 0 Å². The van der Waals surface area contributed by atoms with Gasteiger partial charge in [-0.05, 0) is 19.3 Å². The molecular weight excluding hydrogens is 336 g/mol. The predicted molar refractivity (Wildman–Crippen MR) is 120 cm³/mol. The van der Waals surface area contributed by atoms with Gasteiger partial charge in [-0.25, -0.2) is 0 Å². The van der Waals surface area contributed by atoms with E-state index in [1.165, 1.54) is 109 Å². The van der Waals surface area contributed by atoms with Gasteiger partial charge < -0.3 is 0 Å². The molecule has 2 atom stereocenters. The standard InChI is InChI=1S/C24H48OS/c1-4-7-10-12-13-14-15-16-19-22-24(26-25)23(20-17-9-6-3)21-18-11-8-5-2/h23-24H,3-22H2,1-2H3/q+1. The molecule has 1 nitrogen and oxygen atoms in total. The van der Waals surface area contributed by atoms with Gasteiger partial charge in [0.1, 0.15) is 0 Å². The first-order valence-electron chi connectivity index (χ1n) is 11.9. The lowest BCUT2D eigenvalue weighted by Crippen LogP contribution is -2.20. The van der Waals surface area contributed by atoms with Crippen LogP contribution in [0, 0.1) is 12.8 Å². The summed E-state index contributed by atoms with van der Waals surface area (Å²) in [7, 11) is 0. The van der Waals surface area contributed by atoms with Crippen molar-refractivity contribution in [2.24, 2.45) is 5.92 Å². The molecule has 2 heteroatoms. The summed E-state index contributed by atoms with van der Waals surface area (Å²) < 4.78 is 11.8. The Bertz CT molecular complexity index is 279. The Hall–Kier alpha value is 0.0200. The fourth-order valence-electron chi connectivity index (χ4n) is 3.95. The highest BCUT2D eigenvalue weighted by atomic mass is 32.1. The molecule has 26 heavy (non-hydrogen) atoms. The maximum Gasteiger partial charge on any atom is 0.462 e. The van der Waals surface area contributed by atoms with E-state index in [0.717, 1.165) is 24.5 Å². The van der Waals surface area contributed by atoms with Crippen molar-refractivity contribution in [3.05, 3.63) is 6.92 Å². The third-order valence-corrected chi connectivity index (χ3v) is 6.61. The molecule has 0 aromatic carbocycles. The van der Waals surface area contributed by atoms with Gasteiger partial charge in [0.2, 0.25) is 5.25 Å². The fourth-order valence-corrected chi connectivity index (χ4v) is 4.64. The molecule has 2 unspecified atom stereocenters. The Kier molecular flexibility index (Phi) is 21.3. The Morgan fingerprint density at radius 2 is 1.04 bits per heavy atom. The zero-order valence-electron chi connectivity index (χ0n) is 18.1. The van der Waals surface area contributed by atoms with Crippen molar-refractivity contribution in [1.29, 1.82) is 0 Å². The molecule has 0 aliphatic rings. The van der Waals surface area contributed by atoms with Gasteiger partial charge in [-0.1, -0.05) is 117 Å². The van der Waals surface area contributed by atoms with Crippen LogP contribution in [0.15, 0.2) is 0 Å². The number of hydrogen-bond donors (Lipinski definition) is 0. The van der Waals surface area contributed by atoms with Gasteiger partial charge in [-0.2, -0.15) is 0 Å². The normalized spacial score (nSPS) is 13.7.